The Morgan fingerprint density at radius 2 is 1.96 bits per heavy atom. The van der Waals surface area contributed by atoms with Crippen molar-refractivity contribution in [3.8, 4) is 0 Å². The Morgan fingerprint density at radius 3 is 2.61 bits per heavy atom. The molecule has 0 bridgehead atoms. The van der Waals surface area contributed by atoms with Crippen molar-refractivity contribution in [2.75, 3.05) is 24.5 Å². The molecule has 2 aromatic heterocycles. The maximum Gasteiger partial charge on any atom is 0.230 e. The van der Waals surface area contributed by atoms with Crippen LogP contribution in [0, 0.1) is 19.3 Å². The minimum absolute atomic E-state index is 0.0747. The summed E-state index contributed by atoms with van der Waals surface area (Å²) in [5.74, 6) is 0.0747. The van der Waals surface area contributed by atoms with Crippen molar-refractivity contribution in [3.05, 3.63) is 52.8 Å². The normalized spacial score (nSPS) is 15.3. The molecular formula is C19H23N7OS. The van der Waals surface area contributed by atoms with Crippen molar-refractivity contribution in [3.63, 3.8) is 0 Å². The molecule has 28 heavy (non-hydrogen) atoms. The largest absolute Gasteiger partial charge is 0.354 e. The molecule has 0 aliphatic carbocycles. The van der Waals surface area contributed by atoms with E-state index in [2.05, 4.69) is 42.9 Å². The average Bonchev–Trinajstić information content (AvgIpc) is 3.26. The first-order chi connectivity index (χ1) is 13.5. The highest BCUT2D eigenvalue weighted by Crippen LogP contribution is 2.38. The highest BCUT2D eigenvalue weighted by Gasteiger charge is 2.50. The molecule has 0 atom stereocenters. The molecule has 146 valence electrons. The van der Waals surface area contributed by atoms with Crippen molar-refractivity contribution in [1.82, 2.24) is 30.5 Å². The number of aryl methyl sites for hydroxylation is 2. The second kappa shape index (κ2) is 7.67. The van der Waals surface area contributed by atoms with Crippen LogP contribution in [0.4, 0.5) is 5.13 Å². The quantitative estimate of drug-likeness (QED) is 0.652. The van der Waals surface area contributed by atoms with E-state index in [9.17, 15) is 4.79 Å². The highest BCUT2D eigenvalue weighted by molar-refractivity contribution is 7.15. The molecule has 1 saturated heterocycles. The lowest BCUT2D eigenvalue weighted by molar-refractivity contribution is -0.132. The second-order valence-electron chi connectivity index (χ2n) is 7.28. The zero-order chi connectivity index (χ0) is 19.6. The van der Waals surface area contributed by atoms with Crippen LogP contribution in [0.25, 0.3) is 0 Å². The molecule has 0 unspecified atom stereocenters. The molecule has 1 aliphatic heterocycles. The van der Waals surface area contributed by atoms with E-state index in [1.165, 1.54) is 0 Å². The highest BCUT2D eigenvalue weighted by atomic mass is 32.1. The lowest BCUT2D eigenvalue weighted by atomic mass is 9.74. The number of hydrogen-bond acceptors (Lipinski definition) is 7. The number of nitrogens with one attached hydrogen (secondary N) is 1. The van der Waals surface area contributed by atoms with Crippen LogP contribution in [0.5, 0.6) is 0 Å². The predicted molar refractivity (Wildman–Crippen MR) is 107 cm³/mol. The Morgan fingerprint density at radius 1 is 1.18 bits per heavy atom. The first kappa shape index (κ1) is 18.5. The zero-order valence-corrected chi connectivity index (χ0v) is 16.8. The van der Waals surface area contributed by atoms with E-state index in [0.717, 1.165) is 21.4 Å². The van der Waals surface area contributed by atoms with Crippen LogP contribution in [0.1, 0.15) is 16.3 Å². The van der Waals surface area contributed by atoms with Gasteiger partial charge in [-0.15, -0.1) is 15.3 Å². The van der Waals surface area contributed by atoms with Gasteiger partial charge in [0.15, 0.2) is 0 Å². The van der Waals surface area contributed by atoms with Gasteiger partial charge in [-0.2, -0.15) is 0 Å². The first-order valence-electron chi connectivity index (χ1n) is 9.28. The van der Waals surface area contributed by atoms with Gasteiger partial charge in [0.05, 0.1) is 17.7 Å². The molecule has 1 aliphatic rings. The minimum Gasteiger partial charge on any atom is -0.354 e. The van der Waals surface area contributed by atoms with Crippen LogP contribution >= 0.6 is 11.3 Å². The summed E-state index contributed by atoms with van der Waals surface area (Å²) in [6.07, 6.45) is 2.57. The van der Waals surface area contributed by atoms with Gasteiger partial charge in [0.2, 0.25) is 11.0 Å². The molecule has 0 radical (unpaired) electrons. The van der Waals surface area contributed by atoms with E-state index in [-0.39, 0.29) is 5.91 Å². The molecule has 1 N–H and O–H groups in total. The van der Waals surface area contributed by atoms with Gasteiger partial charge in [0, 0.05) is 25.8 Å². The van der Waals surface area contributed by atoms with E-state index in [4.69, 9.17) is 0 Å². The minimum atomic E-state index is -0.459. The molecule has 0 saturated carbocycles. The third-order valence-corrected chi connectivity index (χ3v) is 5.82. The number of aromatic nitrogens is 5. The summed E-state index contributed by atoms with van der Waals surface area (Å²) in [4.78, 5) is 15.2. The van der Waals surface area contributed by atoms with Gasteiger partial charge >= 0.3 is 0 Å². The molecule has 1 amide bonds. The number of anilines is 1. The van der Waals surface area contributed by atoms with Gasteiger partial charge in [-0.25, -0.2) is 0 Å². The Bertz CT molecular complexity index is 946. The van der Waals surface area contributed by atoms with Crippen LogP contribution in [-0.4, -0.2) is 50.7 Å². The fourth-order valence-corrected chi connectivity index (χ4v) is 4.22. The van der Waals surface area contributed by atoms with Gasteiger partial charge in [0.1, 0.15) is 5.01 Å². The summed E-state index contributed by atoms with van der Waals surface area (Å²) < 4.78 is 1.75. The Balaban J connectivity index is 1.43. The summed E-state index contributed by atoms with van der Waals surface area (Å²) in [6, 6.07) is 10.2. The Kier molecular flexibility index (Phi) is 5.08. The third kappa shape index (κ3) is 3.89. The Hall–Kier alpha value is -2.81. The summed E-state index contributed by atoms with van der Waals surface area (Å²) >= 11 is 1.56. The van der Waals surface area contributed by atoms with Gasteiger partial charge in [0.25, 0.3) is 0 Å². The second-order valence-corrected chi connectivity index (χ2v) is 8.44. The average molecular weight is 398 g/mol. The van der Waals surface area contributed by atoms with E-state index < -0.39 is 5.41 Å². The fourth-order valence-electron chi connectivity index (χ4n) is 3.53. The van der Waals surface area contributed by atoms with Crippen LogP contribution in [0.15, 0.2) is 36.5 Å². The van der Waals surface area contributed by atoms with Crippen LogP contribution in [0.2, 0.25) is 0 Å². The number of amides is 1. The van der Waals surface area contributed by atoms with Crippen molar-refractivity contribution in [1.29, 1.82) is 0 Å². The number of benzene rings is 1. The molecule has 4 rings (SSSR count). The molecular weight excluding hydrogens is 374 g/mol. The zero-order valence-electron chi connectivity index (χ0n) is 16.0. The monoisotopic (exact) mass is 397 g/mol. The summed E-state index contributed by atoms with van der Waals surface area (Å²) in [5.41, 5.74) is 1.57. The van der Waals surface area contributed by atoms with Gasteiger partial charge in [-0.05, 0) is 25.8 Å². The van der Waals surface area contributed by atoms with Gasteiger partial charge in [-0.1, -0.05) is 46.9 Å². The molecule has 8 nitrogen and oxygen atoms in total. The summed E-state index contributed by atoms with van der Waals surface area (Å²) in [6.45, 7) is 6.25. The maximum atomic E-state index is 13.1. The standard InChI is InChI=1S/C19H23N7OS/c1-14-11-26(24-21-14)9-8-20-17(27)19(10-16-6-4-3-5-7-16)12-25(13-19)18-23-22-15(2)28-18/h3-7,11H,8-10,12-13H2,1-2H3,(H,20,27). The number of carbonyl (C=O) groups is 1. The fraction of sp³-hybridized carbons (Fsp3) is 0.421. The number of nitrogens with zero attached hydrogens (tertiary/aromatic N) is 6. The topological polar surface area (TPSA) is 88.8 Å². The first-order valence-corrected chi connectivity index (χ1v) is 10.1. The van der Waals surface area contributed by atoms with Crippen LogP contribution < -0.4 is 10.2 Å². The lowest BCUT2D eigenvalue weighted by Crippen LogP contribution is -2.64. The molecule has 3 heterocycles. The van der Waals surface area contributed by atoms with Crippen molar-refractivity contribution in [2.45, 2.75) is 26.8 Å². The predicted octanol–water partition coefficient (Wildman–Crippen LogP) is 1.61. The number of rotatable bonds is 7. The van der Waals surface area contributed by atoms with E-state index in [0.29, 0.717) is 32.6 Å². The van der Waals surface area contributed by atoms with Crippen molar-refractivity contribution in [2.24, 2.45) is 5.41 Å². The molecule has 1 fully saturated rings. The molecule has 0 spiro atoms. The van der Waals surface area contributed by atoms with Crippen LogP contribution in [0.3, 0.4) is 0 Å². The maximum absolute atomic E-state index is 13.1. The van der Waals surface area contributed by atoms with E-state index in [1.54, 1.807) is 16.0 Å². The molecule has 3 aromatic rings. The van der Waals surface area contributed by atoms with Crippen LogP contribution in [-0.2, 0) is 17.8 Å². The lowest BCUT2D eigenvalue weighted by Gasteiger charge is -2.48. The molecule has 9 heteroatoms. The number of hydrogen-bond donors (Lipinski definition) is 1. The molecule has 1 aromatic carbocycles. The summed E-state index contributed by atoms with van der Waals surface area (Å²) in [5, 5.41) is 21.2. The van der Waals surface area contributed by atoms with Gasteiger partial charge < -0.3 is 10.2 Å². The van der Waals surface area contributed by atoms with Gasteiger partial charge in [-0.3, -0.25) is 9.48 Å². The van der Waals surface area contributed by atoms with Crippen molar-refractivity contribution < 1.29 is 4.79 Å². The smallest absolute Gasteiger partial charge is 0.230 e. The summed E-state index contributed by atoms with van der Waals surface area (Å²) in [7, 11) is 0. The SMILES string of the molecule is Cc1cn(CCNC(=O)C2(Cc3ccccc3)CN(c3nnc(C)s3)C2)nn1. The third-order valence-electron chi connectivity index (χ3n) is 4.92. The van der Waals surface area contributed by atoms with E-state index in [1.807, 2.05) is 38.2 Å². The Labute approximate surface area is 167 Å². The van der Waals surface area contributed by atoms with Crippen molar-refractivity contribution >= 4 is 22.4 Å². The van der Waals surface area contributed by atoms with E-state index >= 15 is 0 Å². The number of carbonyl (C=O) groups excluding carboxylic acids is 1.